The van der Waals surface area contributed by atoms with E-state index in [1.807, 2.05) is 60.7 Å². The Hall–Kier alpha value is -3.60. The Morgan fingerprint density at radius 1 is 0.846 bits per heavy atom. The van der Waals surface area contributed by atoms with Crippen LogP contribution in [0.3, 0.4) is 0 Å². The van der Waals surface area contributed by atoms with E-state index in [-0.39, 0.29) is 5.91 Å². The standard InChI is InChI=1S/C21H16N2O3/c24-20(22-16-12-7-13-17-19(16)23-21(25)26-17)18(14-8-3-1-4-9-14)15-10-5-2-6-11-15/h1-13,18H,(H,22,24)(H,23,25). The van der Waals surface area contributed by atoms with Crippen molar-refractivity contribution in [3.63, 3.8) is 0 Å². The van der Waals surface area contributed by atoms with Gasteiger partial charge in [0.05, 0.1) is 11.6 Å². The molecule has 0 atom stereocenters. The van der Waals surface area contributed by atoms with Crippen LogP contribution in [0.5, 0.6) is 0 Å². The molecule has 4 aromatic rings. The normalized spacial score (nSPS) is 11.0. The molecule has 5 nitrogen and oxygen atoms in total. The first-order valence-corrected chi connectivity index (χ1v) is 8.25. The monoisotopic (exact) mass is 344 g/mol. The van der Waals surface area contributed by atoms with E-state index in [9.17, 15) is 9.59 Å². The Morgan fingerprint density at radius 2 is 1.46 bits per heavy atom. The molecule has 0 bridgehead atoms. The summed E-state index contributed by atoms with van der Waals surface area (Å²) in [4.78, 5) is 27.2. The van der Waals surface area contributed by atoms with Gasteiger partial charge in [-0.2, -0.15) is 0 Å². The van der Waals surface area contributed by atoms with Crippen molar-refractivity contribution in [1.29, 1.82) is 0 Å². The molecule has 1 heterocycles. The van der Waals surface area contributed by atoms with Crippen molar-refractivity contribution in [2.24, 2.45) is 0 Å². The summed E-state index contributed by atoms with van der Waals surface area (Å²) >= 11 is 0. The highest BCUT2D eigenvalue weighted by Crippen LogP contribution is 2.28. The highest BCUT2D eigenvalue weighted by atomic mass is 16.4. The van der Waals surface area contributed by atoms with Crippen molar-refractivity contribution in [2.75, 3.05) is 5.32 Å². The summed E-state index contributed by atoms with van der Waals surface area (Å²) in [5.74, 6) is -1.20. The molecule has 3 aromatic carbocycles. The molecule has 0 unspecified atom stereocenters. The SMILES string of the molecule is O=C(Nc1cccc2oc(=O)[nH]c12)C(c1ccccc1)c1ccccc1. The molecule has 0 saturated carbocycles. The first kappa shape index (κ1) is 15.9. The van der Waals surface area contributed by atoms with E-state index in [2.05, 4.69) is 10.3 Å². The number of amides is 1. The Kier molecular flexibility index (Phi) is 4.11. The van der Waals surface area contributed by atoms with Crippen LogP contribution in [-0.4, -0.2) is 10.9 Å². The summed E-state index contributed by atoms with van der Waals surface area (Å²) in [6.45, 7) is 0. The van der Waals surface area contributed by atoms with E-state index in [0.717, 1.165) is 11.1 Å². The average molecular weight is 344 g/mol. The maximum absolute atomic E-state index is 13.1. The number of carbonyl (C=O) groups is 1. The number of para-hydroxylation sites is 1. The third-order valence-corrected chi connectivity index (χ3v) is 4.24. The van der Waals surface area contributed by atoms with Gasteiger partial charge in [0.25, 0.3) is 0 Å². The van der Waals surface area contributed by atoms with Gasteiger partial charge in [0.15, 0.2) is 5.58 Å². The van der Waals surface area contributed by atoms with E-state index in [1.54, 1.807) is 18.2 Å². The van der Waals surface area contributed by atoms with E-state index >= 15 is 0 Å². The molecule has 1 aromatic heterocycles. The van der Waals surface area contributed by atoms with Crippen LogP contribution < -0.4 is 11.1 Å². The largest absolute Gasteiger partial charge is 0.417 e. The molecule has 128 valence electrons. The van der Waals surface area contributed by atoms with Crippen LogP contribution in [0.1, 0.15) is 17.0 Å². The summed E-state index contributed by atoms with van der Waals surface area (Å²) in [5.41, 5.74) is 3.18. The number of aromatic amines is 1. The van der Waals surface area contributed by atoms with Gasteiger partial charge in [0.2, 0.25) is 5.91 Å². The van der Waals surface area contributed by atoms with E-state index in [4.69, 9.17) is 4.42 Å². The Labute approximate surface area is 149 Å². The summed E-state index contributed by atoms with van der Waals surface area (Å²) in [7, 11) is 0. The molecule has 0 aliphatic rings. The fourth-order valence-electron chi connectivity index (χ4n) is 3.07. The second-order valence-electron chi connectivity index (χ2n) is 5.94. The van der Waals surface area contributed by atoms with Crippen molar-refractivity contribution in [3.05, 3.63) is 101 Å². The number of aromatic nitrogens is 1. The van der Waals surface area contributed by atoms with Crippen LogP contribution in [0.25, 0.3) is 11.1 Å². The second-order valence-corrected chi connectivity index (χ2v) is 5.94. The van der Waals surface area contributed by atoms with Gasteiger partial charge in [-0.15, -0.1) is 0 Å². The molecule has 1 amide bonds. The lowest BCUT2D eigenvalue weighted by Gasteiger charge is -2.18. The summed E-state index contributed by atoms with van der Waals surface area (Å²) < 4.78 is 5.06. The van der Waals surface area contributed by atoms with Gasteiger partial charge < -0.3 is 9.73 Å². The Balaban J connectivity index is 1.74. The number of rotatable bonds is 4. The van der Waals surface area contributed by atoms with Gasteiger partial charge in [-0.3, -0.25) is 9.78 Å². The van der Waals surface area contributed by atoms with Crippen LogP contribution >= 0.6 is 0 Å². The van der Waals surface area contributed by atoms with Crippen molar-refractivity contribution >= 4 is 22.7 Å². The molecule has 5 heteroatoms. The van der Waals surface area contributed by atoms with Crippen LogP contribution in [0.15, 0.2) is 88.1 Å². The lowest BCUT2D eigenvalue weighted by molar-refractivity contribution is -0.116. The van der Waals surface area contributed by atoms with Gasteiger partial charge in [-0.25, -0.2) is 4.79 Å². The highest BCUT2D eigenvalue weighted by Gasteiger charge is 2.23. The first-order chi connectivity index (χ1) is 12.7. The topological polar surface area (TPSA) is 75.1 Å². The van der Waals surface area contributed by atoms with Crippen LogP contribution in [-0.2, 0) is 4.79 Å². The van der Waals surface area contributed by atoms with Crippen molar-refractivity contribution in [1.82, 2.24) is 4.98 Å². The minimum Gasteiger partial charge on any atom is -0.408 e. The maximum Gasteiger partial charge on any atom is 0.417 e. The number of carbonyl (C=O) groups excluding carboxylic acids is 1. The third-order valence-electron chi connectivity index (χ3n) is 4.24. The van der Waals surface area contributed by atoms with Gasteiger partial charge >= 0.3 is 5.76 Å². The zero-order valence-corrected chi connectivity index (χ0v) is 13.8. The van der Waals surface area contributed by atoms with Crippen molar-refractivity contribution in [3.8, 4) is 0 Å². The van der Waals surface area contributed by atoms with E-state index in [1.165, 1.54) is 0 Å². The maximum atomic E-state index is 13.1. The van der Waals surface area contributed by atoms with E-state index in [0.29, 0.717) is 16.8 Å². The number of anilines is 1. The molecular weight excluding hydrogens is 328 g/mol. The number of hydrogen-bond acceptors (Lipinski definition) is 3. The summed E-state index contributed by atoms with van der Waals surface area (Å²) in [6, 6.07) is 24.3. The number of fused-ring (bicyclic) bond motifs is 1. The molecule has 0 radical (unpaired) electrons. The van der Waals surface area contributed by atoms with Crippen molar-refractivity contribution < 1.29 is 9.21 Å². The minimum absolute atomic E-state index is 0.183. The molecule has 4 rings (SSSR count). The van der Waals surface area contributed by atoms with Gasteiger partial charge in [0, 0.05) is 0 Å². The quantitative estimate of drug-likeness (QED) is 0.590. The molecule has 0 fully saturated rings. The minimum atomic E-state index is -0.552. The highest BCUT2D eigenvalue weighted by molar-refractivity contribution is 6.03. The fraction of sp³-hybridized carbons (Fsp3) is 0.0476. The third kappa shape index (κ3) is 3.02. The first-order valence-electron chi connectivity index (χ1n) is 8.25. The molecule has 2 N–H and O–H groups in total. The smallest absolute Gasteiger partial charge is 0.408 e. The van der Waals surface area contributed by atoms with E-state index < -0.39 is 11.7 Å². The van der Waals surface area contributed by atoms with Crippen LogP contribution in [0.2, 0.25) is 0 Å². The second kappa shape index (κ2) is 6.72. The van der Waals surface area contributed by atoms with Crippen molar-refractivity contribution in [2.45, 2.75) is 5.92 Å². The van der Waals surface area contributed by atoms with Gasteiger partial charge in [-0.1, -0.05) is 66.7 Å². The number of hydrogen-bond donors (Lipinski definition) is 2. The average Bonchev–Trinajstić information content (AvgIpc) is 3.05. The lowest BCUT2D eigenvalue weighted by atomic mass is 9.90. The van der Waals surface area contributed by atoms with Gasteiger partial charge in [0.1, 0.15) is 5.52 Å². The predicted molar refractivity (Wildman–Crippen MR) is 100 cm³/mol. The Morgan fingerprint density at radius 3 is 2.08 bits per heavy atom. The lowest BCUT2D eigenvalue weighted by Crippen LogP contribution is -2.22. The molecule has 0 saturated heterocycles. The molecule has 0 aliphatic heterocycles. The Bertz CT molecular complexity index is 1060. The molecule has 0 spiro atoms. The van der Waals surface area contributed by atoms with Crippen LogP contribution in [0.4, 0.5) is 5.69 Å². The molecular formula is C21H16N2O3. The van der Waals surface area contributed by atoms with Crippen LogP contribution in [0, 0.1) is 0 Å². The molecule has 26 heavy (non-hydrogen) atoms. The molecule has 0 aliphatic carbocycles. The zero-order chi connectivity index (χ0) is 17.9. The zero-order valence-electron chi connectivity index (χ0n) is 13.8. The number of H-pyrrole nitrogens is 1. The number of benzene rings is 3. The number of oxazole rings is 1. The predicted octanol–water partition coefficient (Wildman–Crippen LogP) is 3.89. The number of nitrogens with one attached hydrogen (secondary N) is 2. The summed E-state index contributed by atoms with van der Waals surface area (Å²) in [5, 5.41) is 2.93. The fourth-order valence-corrected chi connectivity index (χ4v) is 3.07. The van der Waals surface area contributed by atoms with Gasteiger partial charge in [-0.05, 0) is 23.3 Å². The summed E-state index contributed by atoms with van der Waals surface area (Å²) in [6.07, 6.45) is 0.